The number of anilines is 1. The van der Waals surface area contributed by atoms with Crippen LogP contribution in [0, 0.1) is 6.92 Å². The summed E-state index contributed by atoms with van der Waals surface area (Å²) in [6, 6.07) is 12.2. The SMILES string of the molecule is CCC(NCC(=O)Nc1ccc(C)cc1)c1cccs1. The number of aryl methyl sites for hydroxylation is 1. The standard InChI is InChI=1S/C16H20N2OS/c1-3-14(15-5-4-10-20-15)17-11-16(19)18-13-8-6-12(2)7-9-13/h4-10,14,17H,3,11H2,1-2H3,(H,18,19). The Balaban J connectivity index is 1.84. The molecule has 0 bridgehead atoms. The molecule has 1 unspecified atom stereocenters. The maximum atomic E-state index is 11.9. The molecule has 0 saturated heterocycles. The second-order valence-electron chi connectivity index (χ2n) is 4.77. The van der Waals surface area contributed by atoms with Crippen molar-refractivity contribution in [3.05, 3.63) is 52.2 Å². The predicted molar refractivity (Wildman–Crippen MR) is 85.2 cm³/mol. The van der Waals surface area contributed by atoms with Gasteiger partial charge in [-0.15, -0.1) is 11.3 Å². The van der Waals surface area contributed by atoms with Crippen molar-refractivity contribution in [3.8, 4) is 0 Å². The van der Waals surface area contributed by atoms with Gasteiger partial charge < -0.3 is 10.6 Å². The number of thiophene rings is 1. The summed E-state index contributed by atoms with van der Waals surface area (Å²) in [5.41, 5.74) is 2.02. The molecule has 2 rings (SSSR count). The highest BCUT2D eigenvalue weighted by atomic mass is 32.1. The van der Waals surface area contributed by atoms with Crippen LogP contribution in [-0.4, -0.2) is 12.5 Å². The normalized spacial score (nSPS) is 12.1. The van der Waals surface area contributed by atoms with Gasteiger partial charge >= 0.3 is 0 Å². The summed E-state index contributed by atoms with van der Waals surface area (Å²) >= 11 is 1.72. The van der Waals surface area contributed by atoms with Crippen LogP contribution >= 0.6 is 11.3 Å². The quantitative estimate of drug-likeness (QED) is 0.850. The Labute approximate surface area is 124 Å². The van der Waals surface area contributed by atoms with Gasteiger partial charge in [-0.2, -0.15) is 0 Å². The van der Waals surface area contributed by atoms with Gasteiger partial charge in [-0.05, 0) is 36.9 Å². The van der Waals surface area contributed by atoms with Crippen molar-refractivity contribution in [2.75, 3.05) is 11.9 Å². The molecule has 1 heterocycles. The summed E-state index contributed by atoms with van der Waals surface area (Å²) in [6.45, 7) is 4.47. The topological polar surface area (TPSA) is 41.1 Å². The second kappa shape index (κ2) is 7.22. The summed E-state index contributed by atoms with van der Waals surface area (Å²) < 4.78 is 0. The largest absolute Gasteiger partial charge is 0.325 e. The van der Waals surface area contributed by atoms with Crippen LogP contribution in [0.1, 0.15) is 29.8 Å². The molecule has 0 aliphatic rings. The smallest absolute Gasteiger partial charge is 0.238 e. The lowest BCUT2D eigenvalue weighted by atomic mass is 10.2. The molecule has 4 heteroatoms. The number of rotatable bonds is 6. The van der Waals surface area contributed by atoms with Crippen molar-refractivity contribution in [1.29, 1.82) is 0 Å². The zero-order valence-electron chi connectivity index (χ0n) is 11.8. The molecule has 2 aromatic rings. The third kappa shape index (κ3) is 4.18. The number of nitrogens with one attached hydrogen (secondary N) is 2. The first-order valence-corrected chi connectivity index (χ1v) is 7.70. The van der Waals surface area contributed by atoms with Gasteiger partial charge in [-0.3, -0.25) is 4.79 Å². The van der Waals surface area contributed by atoms with Crippen LogP contribution in [0.15, 0.2) is 41.8 Å². The zero-order valence-corrected chi connectivity index (χ0v) is 12.7. The van der Waals surface area contributed by atoms with Gasteiger partial charge in [0.1, 0.15) is 0 Å². The average molecular weight is 288 g/mol. The summed E-state index contributed by atoms with van der Waals surface area (Å²) in [7, 11) is 0. The van der Waals surface area contributed by atoms with Crippen molar-refractivity contribution >= 4 is 22.9 Å². The van der Waals surface area contributed by atoms with Crippen LogP contribution in [0.4, 0.5) is 5.69 Å². The van der Waals surface area contributed by atoms with E-state index < -0.39 is 0 Å². The number of carbonyl (C=O) groups is 1. The molecule has 0 aliphatic heterocycles. The van der Waals surface area contributed by atoms with E-state index in [1.54, 1.807) is 11.3 Å². The first kappa shape index (κ1) is 14.8. The fourth-order valence-corrected chi connectivity index (χ4v) is 2.88. The van der Waals surface area contributed by atoms with Crippen LogP contribution < -0.4 is 10.6 Å². The molecule has 3 nitrogen and oxygen atoms in total. The molecule has 0 radical (unpaired) electrons. The van der Waals surface area contributed by atoms with Gasteiger partial charge in [0.05, 0.1) is 6.54 Å². The minimum Gasteiger partial charge on any atom is -0.325 e. The summed E-state index contributed by atoms with van der Waals surface area (Å²) in [5.74, 6) is -0.0103. The lowest BCUT2D eigenvalue weighted by molar-refractivity contribution is -0.115. The molecule has 0 saturated carbocycles. The van der Waals surface area contributed by atoms with E-state index in [0.717, 1.165) is 12.1 Å². The van der Waals surface area contributed by atoms with Crippen molar-refractivity contribution in [3.63, 3.8) is 0 Å². The first-order chi connectivity index (χ1) is 9.69. The van der Waals surface area contributed by atoms with Gasteiger partial charge in [-0.1, -0.05) is 30.7 Å². The van der Waals surface area contributed by atoms with Crippen molar-refractivity contribution < 1.29 is 4.79 Å². The summed E-state index contributed by atoms with van der Waals surface area (Å²) in [6.07, 6.45) is 0.971. The number of amides is 1. The minimum absolute atomic E-state index is 0.0103. The van der Waals surface area contributed by atoms with Crippen molar-refractivity contribution in [2.45, 2.75) is 26.3 Å². The Hall–Kier alpha value is -1.65. The molecule has 1 amide bonds. The van der Waals surface area contributed by atoms with Crippen molar-refractivity contribution in [2.24, 2.45) is 0 Å². The molecule has 20 heavy (non-hydrogen) atoms. The minimum atomic E-state index is -0.0103. The molecule has 1 atom stereocenters. The van der Waals surface area contributed by atoms with E-state index in [-0.39, 0.29) is 11.9 Å². The van der Waals surface area contributed by atoms with Gasteiger partial charge in [0, 0.05) is 16.6 Å². The Morgan fingerprint density at radius 3 is 2.60 bits per heavy atom. The van der Waals surface area contributed by atoms with Crippen LogP contribution in [0.5, 0.6) is 0 Å². The Morgan fingerprint density at radius 1 is 1.25 bits per heavy atom. The fourth-order valence-electron chi connectivity index (χ4n) is 1.99. The molecule has 1 aromatic heterocycles. The van der Waals surface area contributed by atoms with E-state index in [4.69, 9.17) is 0 Å². The predicted octanol–water partition coefficient (Wildman–Crippen LogP) is 3.74. The van der Waals surface area contributed by atoms with E-state index >= 15 is 0 Å². The van der Waals surface area contributed by atoms with Crippen LogP contribution in [0.3, 0.4) is 0 Å². The Bertz CT molecular complexity index is 534. The Morgan fingerprint density at radius 2 is 2.00 bits per heavy atom. The molecular weight excluding hydrogens is 268 g/mol. The number of hydrogen-bond acceptors (Lipinski definition) is 3. The van der Waals surface area contributed by atoms with Gasteiger partial charge in [0.15, 0.2) is 0 Å². The van der Waals surface area contributed by atoms with Crippen LogP contribution in [0.2, 0.25) is 0 Å². The number of benzene rings is 1. The summed E-state index contributed by atoms with van der Waals surface area (Å²) in [5, 5.41) is 8.26. The van der Waals surface area contributed by atoms with Crippen LogP contribution in [-0.2, 0) is 4.79 Å². The molecule has 0 aliphatic carbocycles. The fraction of sp³-hybridized carbons (Fsp3) is 0.312. The maximum absolute atomic E-state index is 11.9. The third-order valence-corrected chi connectivity index (χ3v) is 4.13. The lowest BCUT2D eigenvalue weighted by Gasteiger charge is -2.15. The highest BCUT2D eigenvalue weighted by Crippen LogP contribution is 2.21. The molecule has 0 fully saturated rings. The first-order valence-electron chi connectivity index (χ1n) is 6.82. The Kier molecular flexibility index (Phi) is 5.32. The highest BCUT2D eigenvalue weighted by molar-refractivity contribution is 7.10. The molecular formula is C16H20N2OS. The van der Waals surface area contributed by atoms with Gasteiger partial charge in [-0.25, -0.2) is 0 Å². The van der Waals surface area contributed by atoms with Gasteiger partial charge in [0.2, 0.25) is 5.91 Å². The number of carbonyl (C=O) groups excluding carboxylic acids is 1. The molecule has 106 valence electrons. The van der Waals surface area contributed by atoms with E-state index in [9.17, 15) is 4.79 Å². The van der Waals surface area contributed by atoms with E-state index in [1.165, 1.54) is 10.4 Å². The summed E-state index contributed by atoms with van der Waals surface area (Å²) in [4.78, 5) is 13.2. The lowest BCUT2D eigenvalue weighted by Crippen LogP contribution is -2.30. The monoisotopic (exact) mass is 288 g/mol. The molecule has 1 aromatic carbocycles. The maximum Gasteiger partial charge on any atom is 0.238 e. The van der Waals surface area contributed by atoms with Gasteiger partial charge in [0.25, 0.3) is 0 Å². The highest BCUT2D eigenvalue weighted by Gasteiger charge is 2.11. The van der Waals surface area contributed by atoms with E-state index in [1.807, 2.05) is 37.3 Å². The zero-order chi connectivity index (χ0) is 14.4. The van der Waals surface area contributed by atoms with Crippen molar-refractivity contribution in [1.82, 2.24) is 5.32 Å². The molecule has 2 N–H and O–H groups in total. The molecule has 0 spiro atoms. The third-order valence-electron chi connectivity index (χ3n) is 3.14. The number of hydrogen-bond donors (Lipinski definition) is 2. The van der Waals surface area contributed by atoms with Crippen LogP contribution in [0.25, 0.3) is 0 Å². The van der Waals surface area contributed by atoms with E-state index in [0.29, 0.717) is 6.54 Å². The average Bonchev–Trinajstić information content (AvgIpc) is 2.96. The van der Waals surface area contributed by atoms with E-state index in [2.05, 4.69) is 29.0 Å². The second-order valence-corrected chi connectivity index (χ2v) is 5.75.